The van der Waals surface area contributed by atoms with Gasteiger partial charge in [-0.1, -0.05) is 37.6 Å². The zero-order chi connectivity index (χ0) is 20.0. The summed E-state index contributed by atoms with van der Waals surface area (Å²) in [6.45, 7) is 4.02. The highest BCUT2D eigenvalue weighted by Gasteiger charge is 2.29. The van der Waals surface area contributed by atoms with Crippen molar-refractivity contribution in [2.24, 2.45) is 4.99 Å². The smallest absolute Gasteiger partial charge is 0.356 e. The summed E-state index contributed by atoms with van der Waals surface area (Å²) in [5.74, 6) is -1.53. The third-order valence-corrected chi connectivity index (χ3v) is 4.99. The molecule has 2 heterocycles. The molecule has 2 aromatic carbocycles. The number of halogens is 2. The Balaban J connectivity index is 2.04. The Morgan fingerprint density at radius 2 is 1.96 bits per heavy atom. The van der Waals surface area contributed by atoms with Crippen LogP contribution in [0.3, 0.4) is 0 Å². The van der Waals surface area contributed by atoms with Gasteiger partial charge >= 0.3 is 5.97 Å². The van der Waals surface area contributed by atoms with E-state index < -0.39 is 5.97 Å². The molecule has 0 atom stereocenters. The van der Waals surface area contributed by atoms with Crippen LogP contribution < -0.4 is 0 Å². The van der Waals surface area contributed by atoms with Gasteiger partial charge in [-0.25, -0.2) is 13.9 Å². The first-order valence-electron chi connectivity index (χ1n) is 8.83. The Morgan fingerprint density at radius 1 is 1.21 bits per heavy atom. The maximum absolute atomic E-state index is 14.5. The number of rotatable bonds is 3. The van der Waals surface area contributed by atoms with Crippen LogP contribution in [0, 0.1) is 5.82 Å². The highest BCUT2D eigenvalue weighted by molar-refractivity contribution is 6.31. The minimum Gasteiger partial charge on any atom is -0.476 e. The lowest BCUT2D eigenvalue weighted by atomic mass is 10.00. The normalized spacial score (nSPS) is 13.0. The quantitative estimate of drug-likeness (QED) is 0.687. The van der Waals surface area contributed by atoms with Crippen molar-refractivity contribution in [1.82, 2.24) is 9.78 Å². The summed E-state index contributed by atoms with van der Waals surface area (Å²) in [7, 11) is 0. The lowest BCUT2D eigenvalue weighted by molar-refractivity contribution is 0.0688. The second-order valence-corrected chi connectivity index (χ2v) is 7.32. The van der Waals surface area contributed by atoms with Gasteiger partial charge in [0.25, 0.3) is 0 Å². The Hall–Kier alpha value is -2.99. The molecule has 0 saturated carbocycles. The van der Waals surface area contributed by atoms with Gasteiger partial charge in [-0.3, -0.25) is 4.99 Å². The topological polar surface area (TPSA) is 67.5 Å². The molecule has 1 aliphatic heterocycles. The van der Waals surface area contributed by atoms with E-state index in [1.165, 1.54) is 6.07 Å². The maximum Gasteiger partial charge on any atom is 0.356 e. The van der Waals surface area contributed by atoms with Crippen LogP contribution in [0.4, 0.5) is 4.39 Å². The van der Waals surface area contributed by atoms with Crippen molar-refractivity contribution in [3.63, 3.8) is 0 Å². The number of carboxylic acid groups (broad SMARTS) is 1. The third-order valence-electron chi connectivity index (χ3n) is 4.76. The molecule has 5 nitrogen and oxygen atoms in total. The van der Waals surface area contributed by atoms with Crippen LogP contribution in [-0.4, -0.2) is 26.6 Å². The van der Waals surface area contributed by atoms with E-state index in [1.807, 2.05) is 13.8 Å². The number of hydrogen-bond donors (Lipinski definition) is 1. The van der Waals surface area contributed by atoms with E-state index in [-0.39, 0.29) is 24.0 Å². The summed E-state index contributed by atoms with van der Waals surface area (Å²) in [5.41, 5.74) is 3.37. The van der Waals surface area contributed by atoms with Gasteiger partial charge in [0.1, 0.15) is 5.82 Å². The Labute approximate surface area is 166 Å². The van der Waals surface area contributed by atoms with Crippen LogP contribution in [0.15, 0.2) is 47.5 Å². The SMILES string of the molecule is CC(C)c1c(C(=O)O)nn2c1CN=C(c1ccccc1F)c1cc(Cl)ccc1-2. The zero-order valence-corrected chi connectivity index (χ0v) is 16.0. The summed E-state index contributed by atoms with van der Waals surface area (Å²) < 4.78 is 16.1. The molecular formula is C21H17ClFN3O2. The standard InChI is InChI=1S/C21H17ClFN3O2/c1-11(2)18-17-10-24-19(13-5-3-4-6-15(13)23)14-9-12(22)7-8-16(14)26(17)25-20(18)21(27)28/h3-9,11H,10H2,1-2H3,(H,27,28). The Bertz CT molecular complexity index is 1130. The van der Waals surface area contributed by atoms with Crippen molar-refractivity contribution < 1.29 is 14.3 Å². The van der Waals surface area contributed by atoms with Gasteiger partial charge < -0.3 is 5.11 Å². The number of fused-ring (bicyclic) bond motifs is 3. The molecule has 0 unspecified atom stereocenters. The molecule has 0 spiro atoms. The molecule has 7 heteroatoms. The van der Waals surface area contributed by atoms with Crippen molar-refractivity contribution in [3.05, 3.63) is 81.4 Å². The van der Waals surface area contributed by atoms with Crippen LogP contribution in [0.5, 0.6) is 0 Å². The van der Waals surface area contributed by atoms with Crippen LogP contribution in [-0.2, 0) is 6.54 Å². The lowest BCUT2D eigenvalue weighted by Crippen LogP contribution is -2.10. The predicted molar refractivity (Wildman–Crippen MR) is 105 cm³/mol. The molecule has 0 saturated heterocycles. The molecule has 0 amide bonds. The monoisotopic (exact) mass is 397 g/mol. The molecule has 0 aliphatic carbocycles. The first kappa shape index (κ1) is 18.4. The minimum atomic E-state index is -1.09. The van der Waals surface area contributed by atoms with Crippen LogP contribution in [0.1, 0.15) is 52.6 Å². The predicted octanol–water partition coefficient (Wildman–Crippen LogP) is 4.84. The average Bonchev–Trinajstić information content (AvgIpc) is 2.96. The highest BCUT2D eigenvalue weighted by atomic mass is 35.5. The molecule has 1 N–H and O–H groups in total. The van der Waals surface area contributed by atoms with Gasteiger partial charge in [0.15, 0.2) is 5.69 Å². The summed E-state index contributed by atoms with van der Waals surface area (Å²) in [6.07, 6.45) is 0. The average molecular weight is 398 g/mol. The van der Waals surface area contributed by atoms with Crippen molar-refractivity contribution in [1.29, 1.82) is 0 Å². The van der Waals surface area contributed by atoms with Crippen LogP contribution in [0.2, 0.25) is 5.02 Å². The van der Waals surface area contributed by atoms with E-state index in [0.717, 1.165) is 0 Å². The second-order valence-electron chi connectivity index (χ2n) is 6.89. The van der Waals surface area contributed by atoms with E-state index >= 15 is 0 Å². The molecule has 4 rings (SSSR count). The molecular weight excluding hydrogens is 381 g/mol. The fourth-order valence-corrected chi connectivity index (χ4v) is 3.76. The molecule has 28 heavy (non-hydrogen) atoms. The van der Waals surface area contributed by atoms with Crippen molar-refractivity contribution in [2.75, 3.05) is 0 Å². The van der Waals surface area contributed by atoms with Crippen LogP contribution in [0.25, 0.3) is 5.69 Å². The summed E-state index contributed by atoms with van der Waals surface area (Å²) >= 11 is 6.21. The number of aromatic carboxylic acids is 1. The van der Waals surface area contributed by atoms with Gasteiger partial charge in [-0.2, -0.15) is 5.10 Å². The molecule has 1 aromatic heterocycles. The first-order chi connectivity index (χ1) is 13.4. The summed E-state index contributed by atoms with van der Waals surface area (Å²) in [4.78, 5) is 16.4. The van der Waals surface area contributed by atoms with E-state index in [0.29, 0.717) is 38.8 Å². The van der Waals surface area contributed by atoms with Gasteiger partial charge in [0.05, 0.1) is 23.6 Å². The maximum atomic E-state index is 14.5. The number of carbonyl (C=O) groups is 1. The minimum absolute atomic E-state index is 0.00967. The van der Waals surface area contributed by atoms with Crippen molar-refractivity contribution >= 4 is 23.3 Å². The number of hydrogen-bond acceptors (Lipinski definition) is 3. The van der Waals surface area contributed by atoms with E-state index in [1.54, 1.807) is 41.1 Å². The summed E-state index contributed by atoms with van der Waals surface area (Å²) in [6, 6.07) is 11.6. The van der Waals surface area contributed by atoms with Gasteiger partial charge in [-0.15, -0.1) is 0 Å². The van der Waals surface area contributed by atoms with E-state index in [2.05, 4.69) is 10.1 Å². The Morgan fingerprint density at radius 3 is 2.64 bits per heavy atom. The lowest BCUT2D eigenvalue weighted by Gasteiger charge is -2.12. The van der Waals surface area contributed by atoms with Crippen molar-refractivity contribution in [2.45, 2.75) is 26.3 Å². The van der Waals surface area contributed by atoms with Gasteiger partial charge in [0.2, 0.25) is 0 Å². The largest absolute Gasteiger partial charge is 0.476 e. The van der Waals surface area contributed by atoms with E-state index in [4.69, 9.17) is 11.6 Å². The second kappa shape index (κ2) is 6.87. The third kappa shape index (κ3) is 2.90. The molecule has 0 radical (unpaired) electrons. The molecule has 142 valence electrons. The van der Waals surface area contributed by atoms with Gasteiger partial charge in [0, 0.05) is 21.7 Å². The molecule has 3 aromatic rings. The number of aliphatic imine (C=N–C) groups is 1. The number of carboxylic acids is 1. The van der Waals surface area contributed by atoms with E-state index in [9.17, 15) is 14.3 Å². The van der Waals surface area contributed by atoms with Gasteiger partial charge in [-0.05, 0) is 36.2 Å². The highest BCUT2D eigenvalue weighted by Crippen LogP contribution is 2.33. The Kier molecular flexibility index (Phi) is 4.51. The fourth-order valence-electron chi connectivity index (χ4n) is 3.59. The van der Waals surface area contributed by atoms with Crippen molar-refractivity contribution in [3.8, 4) is 5.69 Å². The fraction of sp³-hybridized carbons (Fsp3) is 0.190. The number of aromatic nitrogens is 2. The molecule has 0 bridgehead atoms. The number of benzene rings is 2. The molecule has 1 aliphatic rings. The number of nitrogens with zero attached hydrogens (tertiary/aromatic N) is 3. The first-order valence-corrected chi connectivity index (χ1v) is 9.21. The summed E-state index contributed by atoms with van der Waals surface area (Å²) in [5, 5.41) is 14.4. The molecule has 0 fully saturated rings. The van der Waals surface area contributed by atoms with Crippen LogP contribution >= 0.6 is 11.6 Å². The zero-order valence-electron chi connectivity index (χ0n) is 15.3.